The molecule has 0 fully saturated rings. The number of aryl methyl sites for hydroxylation is 4. The highest BCUT2D eigenvalue weighted by Crippen LogP contribution is 2.19. The lowest BCUT2D eigenvalue weighted by Crippen LogP contribution is -2.07. The van der Waals surface area contributed by atoms with Crippen molar-refractivity contribution in [3.8, 4) is 0 Å². The van der Waals surface area contributed by atoms with E-state index in [4.69, 9.17) is 16.1 Å². The molecule has 0 bridgehead atoms. The van der Waals surface area contributed by atoms with Gasteiger partial charge < -0.3 is 9.09 Å². The molecule has 20 heavy (non-hydrogen) atoms. The van der Waals surface area contributed by atoms with Crippen LogP contribution in [0.2, 0.25) is 0 Å². The average Bonchev–Trinajstić information content (AvgIpc) is 3.04. The Morgan fingerprint density at radius 2 is 2.20 bits per heavy atom. The second kappa shape index (κ2) is 5.63. The quantitative estimate of drug-likeness (QED) is 0.678. The number of benzene rings is 1. The van der Waals surface area contributed by atoms with E-state index in [1.807, 2.05) is 0 Å². The number of hydrogen-bond donors (Lipinski definition) is 0. The summed E-state index contributed by atoms with van der Waals surface area (Å²) in [5.41, 5.74) is 3.34. The summed E-state index contributed by atoms with van der Waals surface area (Å²) in [5.74, 6) is 2.19. The standard InChI is InChI=1S/C14H15ClN4O/c1-10-2-3-12-11(8-10)18-13(4-6-15)19(12)7-5-14-16-9-17-20-14/h2-3,8-9H,4-7H2,1H3. The number of rotatable bonds is 5. The summed E-state index contributed by atoms with van der Waals surface area (Å²) in [6.07, 6.45) is 2.86. The predicted octanol–water partition coefficient (Wildman–Crippen LogP) is 2.75. The highest BCUT2D eigenvalue weighted by atomic mass is 35.5. The Kier molecular flexibility index (Phi) is 3.69. The molecule has 2 heterocycles. The SMILES string of the molecule is Cc1ccc2c(c1)nc(CCCl)n2CCc1ncno1. The average molecular weight is 291 g/mol. The van der Waals surface area contributed by atoms with Crippen LogP contribution < -0.4 is 0 Å². The van der Waals surface area contributed by atoms with Crippen molar-refractivity contribution < 1.29 is 4.52 Å². The molecule has 104 valence electrons. The van der Waals surface area contributed by atoms with Crippen molar-refractivity contribution in [1.82, 2.24) is 19.7 Å². The molecule has 0 aliphatic carbocycles. The molecule has 0 unspecified atom stereocenters. The summed E-state index contributed by atoms with van der Waals surface area (Å²) < 4.78 is 7.22. The first-order valence-corrected chi connectivity index (χ1v) is 7.08. The third-order valence-corrected chi connectivity index (χ3v) is 3.45. The molecule has 0 atom stereocenters. The molecular formula is C14H15ClN4O. The van der Waals surface area contributed by atoms with Crippen LogP contribution in [0.1, 0.15) is 17.3 Å². The maximum atomic E-state index is 5.87. The van der Waals surface area contributed by atoms with E-state index in [1.54, 1.807) is 0 Å². The number of fused-ring (bicyclic) bond motifs is 1. The second-order valence-corrected chi connectivity index (χ2v) is 5.07. The second-order valence-electron chi connectivity index (χ2n) is 4.70. The Morgan fingerprint density at radius 3 is 2.95 bits per heavy atom. The van der Waals surface area contributed by atoms with Crippen LogP contribution in [0.5, 0.6) is 0 Å². The molecule has 3 aromatic rings. The third-order valence-electron chi connectivity index (χ3n) is 3.26. The van der Waals surface area contributed by atoms with Crippen LogP contribution in [-0.2, 0) is 19.4 Å². The molecule has 0 aliphatic heterocycles. The lowest BCUT2D eigenvalue weighted by atomic mass is 10.2. The van der Waals surface area contributed by atoms with Gasteiger partial charge in [0.05, 0.1) is 11.0 Å². The Balaban J connectivity index is 1.95. The molecule has 2 aromatic heterocycles. The van der Waals surface area contributed by atoms with Gasteiger partial charge in [-0.25, -0.2) is 4.98 Å². The molecule has 3 rings (SSSR count). The van der Waals surface area contributed by atoms with Gasteiger partial charge in [-0.15, -0.1) is 11.6 Å². The van der Waals surface area contributed by atoms with Crippen molar-refractivity contribution >= 4 is 22.6 Å². The first-order valence-electron chi connectivity index (χ1n) is 6.55. The van der Waals surface area contributed by atoms with E-state index >= 15 is 0 Å². The van der Waals surface area contributed by atoms with Gasteiger partial charge in [-0.2, -0.15) is 4.98 Å². The predicted molar refractivity (Wildman–Crippen MR) is 76.9 cm³/mol. The number of hydrogen-bond acceptors (Lipinski definition) is 4. The van der Waals surface area contributed by atoms with Gasteiger partial charge in [0.25, 0.3) is 0 Å². The smallest absolute Gasteiger partial charge is 0.228 e. The number of nitrogens with zero attached hydrogens (tertiary/aromatic N) is 4. The van der Waals surface area contributed by atoms with Crippen LogP contribution >= 0.6 is 11.6 Å². The fourth-order valence-corrected chi connectivity index (χ4v) is 2.50. The third kappa shape index (κ3) is 2.54. The molecular weight excluding hydrogens is 276 g/mol. The summed E-state index contributed by atoms with van der Waals surface area (Å²) in [6.45, 7) is 2.83. The fraction of sp³-hybridized carbons (Fsp3) is 0.357. The van der Waals surface area contributed by atoms with Crippen molar-refractivity contribution in [2.45, 2.75) is 26.3 Å². The fourth-order valence-electron chi connectivity index (χ4n) is 2.33. The van der Waals surface area contributed by atoms with Crippen molar-refractivity contribution in [3.63, 3.8) is 0 Å². The molecule has 0 amide bonds. The van der Waals surface area contributed by atoms with E-state index in [0.29, 0.717) is 18.2 Å². The molecule has 0 N–H and O–H groups in total. The van der Waals surface area contributed by atoms with Gasteiger partial charge in [0.15, 0.2) is 6.33 Å². The first-order chi connectivity index (χ1) is 9.78. The summed E-state index contributed by atoms with van der Waals surface area (Å²) >= 11 is 5.87. The zero-order valence-corrected chi connectivity index (χ0v) is 12.0. The molecule has 0 saturated heterocycles. The number of imidazole rings is 1. The zero-order valence-electron chi connectivity index (χ0n) is 11.2. The summed E-state index contributed by atoms with van der Waals surface area (Å²) in [7, 11) is 0. The monoisotopic (exact) mass is 290 g/mol. The number of halogens is 1. The van der Waals surface area contributed by atoms with Crippen molar-refractivity contribution in [2.75, 3.05) is 5.88 Å². The molecule has 0 aliphatic rings. The van der Waals surface area contributed by atoms with E-state index in [-0.39, 0.29) is 0 Å². The highest BCUT2D eigenvalue weighted by molar-refractivity contribution is 6.17. The molecule has 5 nitrogen and oxygen atoms in total. The lowest BCUT2D eigenvalue weighted by Gasteiger charge is -2.06. The maximum absolute atomic E-state index is 5.87. The largest absolute Gasteiger partial charge is 0.340 e. The normalized spacial score (nSPS) is 11.3. The van der Waals surface area contributed by atoms with E-state index in [9.17, 15) is 0 Å². The Bertz CT molecular complexity index is 705. The van der Waals surface area contributed by atoms with Crippen LogP contribution in [0.3, 0.4) is 0 Å². The summed E-state index contributed by atoms with van der Waals surface area (Å²) in [4.78, 5) is 8.72. The van der Waals surface area contributed by atoms with Gasteiger partial charge >= 0.3 is 0 Å². The van der Waals surface area contributed by atoms with Crippen LogP contribution in [0.15, 0.2) is 29.0 Å². The Hall–Kier alpha value is -1.88. The minimum atomic E-state index is 0.558. The van der Waals surface area contributed by atoms with Gasteiger partial charge in [0.1, 0.15) is 5.82 Å². The topological polar surface area (TPSA) is 56.7 Å². The number of alkyl halides is 1. The van der Waals surface area contributed by atoms with Crippen molar-refractivity contribution in [2.24, 2.45) is 0 Å². The van der Waals surface area contributed by atoms with E-state index < -0.39 is 0 Å². The van der Waals surface area contributed by atoms with Crippen LogP contribution in [0.4, 0.5) is 0 Å². The van der Waals surface area contributed by atoms with Crippen LogP contribution in [0, 0.1) is 6.92 Å². The molecule has 6 heteroatoms. The van der Waals surface area contributed by atoms with Gasteiger partial charge in [0, 0.05) is 25.3 Å². The van der Waals surface area contributed by atoms with Gasteiger partial charge in [-0.1, -0.05) is 11.2 Å². The summed E-state index contributed by atoms with van der Waals surface area (Å²) in [6, 6.07) is 6.29. The molecule has 0 radical (unpaired) electrons. The number of aromatic nitrogens is 4. The van der Waals surface area contributed by atoms with Crippen molar-refractivity contribution in [1.29, 1.82) is 0 Å². The van der Waals surface area contributed by atoms with E-state index in [2.05, 4.69) is 44.8 Å². The lowest BCUT2D eigenvalue weighted by molar-refractivity contribution is 0.371. The van der Waals surface area contributed by atoms with Gasteiger partial charge in [-0.3, -0.25) is 0 Å². The zero-order chi connectivity index (χ0) is 13.9. The Labute approximate surface area is 121 Å². The summed E-state index contributed by atoms with van der Waals surface area (Å²) in [5, 5.41) is 3.62. The molecule has 1 aromatic carbocycles. The Morgan fingerprint density at radius 1 is 1.30 bits per heavy atom. The van der Waals surface area contributed by atoms with E-state index in [1.165, 1.54) is 11.9 Å². The highest BCUT2D eigenvalue weighted by Gasteiger charge is 2.11. The molecule has 0 saturated carbocycles. The van der Waals surface area contributed by atoms with Crippen molar-refractivity contribution in [3.05, 3.63) is 41.8 Å². The first kappa shape index (κ1) is 13.1. The molecule has 0 spiro atoms. The van der Waals surface area contributed by atoms with E-state index in [0.717, 1.165) is 29.8 Å². The van der Waals surface area contributed by atoms with Crippen LogP contribution in [0.25, 0.3) is 11.0 Å². The maximum Gasteiger partial charge on any atom is 0.228 e. The minimum absolute atomic E-state index is 0.558. The minimum Gasteiger partial charge on any atom is -0.340 e. The van der Waals surface area contributed by atoms with Gasteiger partial charge in [0.2, 0.25) is 5.89 Å². The van der Waals surface area contributed by atoms with Gasteiger partial charge in [-0.05, 0) is 24.6 Å². The van der Waals surface area contributed by atoms with Crippen LogP contribution in [-0.4, -0.2) is 25.6 Å².